The van der Waals surface area contributed by atoms with Gasteiger partial charge in [0.2, 0.25) is 12.0 Å². The van der Waals surface area contributed by atoms with Crippen LogP contribution in [-0.2, 0) is 43.1 Å². The molecular weight excluding hydrogens is 544 g/mol. The molecule has 0 radical (unpaired) electrons. The van der Waals surface area contributed by atoms with E-state index in [1.807, 2.05) is 0 Å². The molecule has 12 atom stereocenters. The van der Waals surface area contributed by atoms with Crippen molar-refractivity contribution in [2.45, 2.75) is 68.3 Å². The van der Waals surface area contributed by atoms with Gasteiger partial charge in [0.1, 0.15) is 36.6 Å². The molecule has 0 amide bonds. The van der Waals surface area contributed by atoms with E-state index in [2.05, 4.69) is 4.18 Å². The van der Waals surface area contributed by atoms with Crippen LogP contribution in [0, 0.1) is 11.8 Å². The van der Waals surface area contributed by atoms with Crippen LogP contribution >= 0.6 is 0 Å². The van der Waals surface area contributed by atoms with Gasteiger partial charge in [-0.15, -0.1) is 0 Å². The van der Waals surface area contributed by atoms with Crippen molar-refractivity contribution in [3.8, 4) is 0 Å². The fraction of sp³-hybridized carbons (Fsp3) is 0.850. The van der Waals surface area contributed by atoms with Crippen molar-refractivity contribution in [3.05, 3.63) is 11.8 Å². The van der Waals surface area contributed by atoms with Gasteiger partial charge in [-0.3, -0.25) is 4.55 Å². The van der Waals surface area contributed by atoms with Crippen molar-refractivity contribution in [1.29, 1.82) is 0 Å². The first-order chi connectivity index (χ1) is 17.7. The third-order valence-electron chi connectivity index (χ3n) is 6.48. The lowest BCUT2D eigenvalue weighted by Crippen LogP contribution is -2.59. The number of carbonyl (C=O) groups is 1. The van der Waals surface area contributed by atoms with Crippen molar-refractivity contribution >= 4 is 16.4 Å². The first-order valence-corrected chi connectivity index (χ1v) is 12.9. The zero-order valence-corrected chi connectivity index (χ0v) is 20.8. The van der Waals surface area contributed by atoms with Gasteiger partial charge in [-0.2, -0.15) is 8.42 Å². The summed E-state index contributed by atoms with van der Waals surface area (Å²) in [7, 11) is -5.06. The Morgan fingerprint density at radius 3 is 2.29 bits per heavy atom. The summed E-state index contributed by atoms with van der Waals surface area (Å²) in [5.74, 6) is -3.76. The lowest BCUT2D eigenvalue weighted by Gasteiger charge is -2.43. The molecule has 18 heteroatoms. The van der Waals surface area contributed by atoms with Gasteiger partial charge in [-0.25, -0.2) is 8.98 Å². The molecule has 220 valence electrons. The predicted molar refractivity (Wildman–Crippen MR) is 117 cm³/mol. The summed E-state index contributed by atoms with van der Waals surface area (Å²) >= 11 is 0. The van der Waals surface area contributed by atoms with Gasteiger partial charge in [0.15, 0.2) is 6.29 Å². The number of carboxylic acids is 1. The van der Waals surface area contributed by atoms with Crippen LogP contribution in [-0.4, -0.2) is 143 Å². The van der Waals surface area contributed by atoms with Gasteiger partial charge in [-0.05, 0) is 13.0 Å². The molecule has 8 N–H and O–H groups in total. The summed E-state index contributed by atoms with van der Waals surface area (Å²) in [5.41, 5.74) is 0. The van der Waals surface area contributed by atoms with Gasteiger partial charge in [0.05, 0.1) is 38.6 Å². The lowest BCUT2D eigenvalue weighted by atomic mass is 9.84. The van der Waals surface area contributed by atoms with E-state index in [4.69, 9.17) is 33.3 Å². The first kappa shape index (κ1) is 31.0. The van der Waals surface area contributed by atoms with Crippen molar-refractivity contribution in [2.24, 2.45) is 11.8 Å². The molecule has 8 unspecified atom stereocenters. The molecule has 0 bridgehead atoms. The molecule has 0 spiro atoms. The standard InChI is InChI=1S/C20H32O17S/c1-7-13(23)17(37-38(29,30)31)16(26)20(35-7)34-6-9-8(4-32-12(3-21)14(9)24)5-33-19-15(25)10(22)2-11(36-19)18(27)28/h2,7-10,12-17,19-26H,3-6H2,1H3,(H,27,28)(H,29,30,31)/t7?,8?,9?,10?,12?,13-,14+,15?,16?,17?,19-,20-/m1/s1. The second-order valence-corrected chi connectivity index (χ2v) is 10.2. The number of aliphatic carboxylic acids is 1. The molecule has 3 aliphatic heterocycles. The molecule has 0 aromatic rings. The minimum Gasteiger partial charge on any atom is -0.475 e. The Hall–Kier alpha value is -1.52. The van der Waals surface area contributed by atoms with E-state index in [-0.39, 0.29) is 13.2 Å². The van der Waals surface area contributed by atoms with Crippen LogP contribution in [0.15, 0.2) is 11.8 Å². The maximum Gasteiger partial charge on any atom is 0.397 e. The third-order valence-corrected chi connectivity index (χ3v) is 6.94. The van der Waals surface area contributed by atoms with Gasteiger partial charge in [-0.1, -0.05) is 0 Å². The number of aliphatic hydroxyl groups is 6. The van der Waals surface area contributed by atoms with E-state index in [0.29, 0.717) is 0 Å². The number of carboxylic acid groups (broad SMARTS) is 1. The topological polar surface area (TPSA) is 268 Å². The average molecular weight is 577 g/mol. The Labute approximate surface area is 216 Å². The quantitative estimate of drug-likeness (QED) is 0.114. The van der Waals surface area contributed by atoms with Gasteiger partial charge in [0, 0.05) is 11.8 Å². The summed E-state index contributed by atoms with van der Waals surface area (Å²) in [5, 5.41) is 69.9. The summed E-state index contributed by atoms with van der Waals surface area (Å²) in [4.78, 5) is 11.2. The first-order valence-electron chi connectivity index (χ1n) is 11.5. The maximum absolute atomic E-state index is 11.2. The smallest absolute Gasteiger partial charge is 0.397 e. The molecule has 2 fully saturated rings. The Kier molecular flexibility index (Phi) is 10.4. The van der Waals surface area contributed by atoms with Crippen molar-refractivity contribution in [2.75, 3.05) is 26.4 Å². The average Bonchev–Trinajstić information content (AvgIpc) is 2.84. The number of hydrogen-bond acceptors (Lipinski definition) is 15. The van der Waals surface area contributed by atoms with E-state index in [1.165, 1.54) is 6.92 Å². The SMILES string of the molecule is CC1O[C@@H](OCC2C(CO[C@@H]3OC(C(=O)O)=CC(O)C3O)COC(CO)[C@H]2O)C(O)C(OS(=O)(=O)O)[C@@H]1O. The largest absolute Gasteiger partial charge is 0.475 e. The normalized spacial score (nSPS) is 42.3. The highest BCUT2D eigenvalue weighted by molar-refractivity contribution is 7.80. The number of rotatable bonds is 10. The minimum atomic E-state index is -5.06. The van der Waals surface area contributed by atoms with E-state index >= 15 is 0 Å². The monoisotopic (exact) mass is 576 g/mol. The lowest BCUT2D eigenvalue weighted by molar-refractivity contribution is -0.298. The molecule has 3 heterocycles. The molecule has 3 rings (SSSR count). The third kappa shape index (κ3) is 7.36. The molecule has 0 saturated carbocycles. The zero-order chi connectivity index (χ0) is 28.4. The van der Waals surface area contributed by atoms with Gasteiger partial charge < -0.3 is 59.4 Å². The van der Waals surface area contributed by atoms with E-state index < -0.39 is 109 Å². The van der Waals surface area contributed by atoms with Crippen LogP contribution in [0.25, 0.3) is 0 Å². The summed E-state index contributed by atoms with van der Waals surface area (Å²) in [6.07, 6.45) is -14.5. The number of aliphatic hydroxyl groups excluding tert-OH is 6. The van der Waals surface area contributed by atoms with Crippen molar-refractivity contribution in [3.63, 3.8) is 0 Å². The highest BCUT2D eigenvalue weighted by atomic mass is 32.3. The fourth-order valence-electron chi connectivity index (χ4n) is 4.31. The van der Waals surface area contributed by atoms with Crippen molar-refractivity contribution < 1.29 is 81.4 Å². The molecule has 2 saturated heterocycles. The van der Waals surface area contributed by atoms with Gasteiger partial charge >= 0.3 is 16.4 Å². The zero-order valence-electron chi connectivity index (χ0n) is 20.0. The molecule has 0 aliphatic carbocycles. The second-order valence-electron chi connectivity index (χ2n) is 9.12. The summed E-state index contributed by atoms with van der Waals surface area (Å²) in [6, 6.07) is 0. The van der Waals surface area contributed by atoms with E-state index in [1.54, 1.807) is 0 Å². The maximum atomic E-state index is 11.2. The van der Waals surface area contributed by atoms with Crippen LogP contribution < -0.4 is 0 Å². The molecule has 17 nitrogen and oxygen atoms in total. The van der Waals surface area contributed by atoms with Crippen molar-refractivity contribution in [1.82, 2.24) is 0 Å². The van der Waals surface area contributed by atoms with Crippen LogP contribution in [0.3, 0.4) is 0 Å². The number of hydrogen-bond donors (Lipinski definition) is 8. The molecule has 3 aliphatic rings. The van der Waals surface area contributed by atoms with E-state index in [9.17, 15) is 43.9 Å². The molecule has 0 aromatic carbocycles. The van der Waals surface area contributed by atoms with Gasteiger partial charge in [0.25, 0.3) is 0 Å². The van der Waals surface area contributed by atoms with Crippen LogP contribution in [0.5, 0.6) is 0 Å². The highest BCUT2D eigenvalue weighted by Gasteiger charge is 2.48. The second kappa shape index (κ2) is 12.8. The Balaban J connectivity index is 1.69. The van der Waals surface area contributed by atoms with E-state index in [0.717, 1.165) is 6.08 Å². The Morgan fingerprint density at radius 2 is 1.68 bits per heavy atom. The predicted octanol–water partition coefficient (Wildman–Crippen LogP) is -4.29. The number of ether oxygens (including phenoxy) is 5. The molecule has 38 heavy (non-hydrogen) atoms. The summed E-state index contributed by atoms with van der Waals surface area (Å²) < 4.78 is 62.5. The Morgan fingerprint density at radius 1 is 1.03 bits per heavy atom. The van der Waals surface area contributed by atoms with Crippen LogP contribution in [0.4, 0.5) is 0 Å². The fourth-order valence-corrected chi connectivity index (χ4v) is 4.82. The Bertz CT molecular complexity index is 942. The van der Waals surface area contributed by atoms with Crippen LogP contribution in [0.2, 0.25) is 0 Å². The minimum absolute atomic E-state index is 0.110. The highest BCUT2D eigenvalue weighted by Crippen LogP contribution is 2.31. The molecule has 0 aromatic heterocycles. The molecular formula is C20H32O17S. The van der Waals surface area contributed by atoms with Crippen LogP contribution in [0.1, 0.15) is 6.92 Å². The summed E-state index contributed by atoms with van der Waals surface area (Å²) in [6.45, 7) is -0.0537.